The van der Waals surface area contributed by atoms with E-state index in [1.165, 1.54) is 18.2 Å². The molecule has 0 N–H and O–H groups in total. The van der Waals surface area contributed by atoms with E-state index in [-0.39, 0.29) is 11.5 Å². The van der Waals surface area contributed by atoms with Crippen molar-refractivity contribution in [1.82, 2.24) is 0 Å². The first kappa shape index (κ1) is 24.2. The fraction of sp³-hybridized carbons (Fsp3) is 0.240. The van der Waals surface area contributed by atoms with E-state index in [2.05, 4.69) is 6.58 Å². The van der Waals surface area contributed by atoms with Crippen LogP contribution in [-0.2, 0) is 19.4 Å². The quantitative estimate of drug-likeness (QED) is 0.302. The second kappa shape index (κ2) is 11.3. The number of carbonyl (C=O) groups excluding carboxylic acids is 1. The monoisotopic (exact) mass is 440 g/mol. The molecule has 164 valence electrons. The van der Waals surface area contributed by atoms with Gasteiger partial charge in [-0.25, -0.2) is 8.42 Å². The molecule has 2 aromatic carbocycles. The summed E-state index contributed by atoms with van der Waals surface area (Å²) in [5, 5.41) is -1.48. The molecule has 0 aromatic heterocycles. The molecule has 0 aliphatic heterocycles. The van der Waals surface area contributed by atoms with Gasteiger partial charge in [0.25, 0.3) is 0 Å². The van der Waals surface area contributed by atoms with E-state index in [4.69, 9.17) is 9.47 Å². The van der Waals surface area contributed by atoms with Gasteiger partial charge in [-0.3, -0.25) is 4.79 Å². The molecule has 31 heavy (non-hydrogen) atoms. The van der Waals surface area contributed by atoms with E-state index in [1.54, 1.807) is 61.7 Å². The summed E-state index contributed by atoms with van der Waals surface area (Å²) in [4.78, 5) is 13.1. The van der Waals surface area contributed by atoms with Crippen LogP contribution >= 0.6 is 0 Å². The zero-order valence-electron chi connectivity index (χ0n) is 18.0. The van der Waals surface area contributed by atoms with Gasteiger partial charge in [0.1, 0.15) is 12.4 Å². The van der Waals surface area contributed by atoms with Gasteiger partial charge in [0, 0.05) is 5.92 Å². The SMILES string of the molecule is C=CC(c1ccc(OC)cc1)C(C(=O)OC/C=C/C=C/C)S(=O)(=O)c1ccc(C)cc1. The second-order valence-electron chi connectivity index (χ2n) is 6.90. The van der Waals surface area contributed by atoms with Gasteiger partial charge in [0.15, 0.2) is 15.1 Å². The molecule has 0 bridgehead atoms. The Hall–Kier alpha value is -3.12. The summed E-state index contributed by atoms with van der Waals surface area (Å²) in [7, 11) is -2.51. The third-order valence-corrected chi connectivity index (χ3v) is 6.84. The zero-order valence-corrected chi connectivity index (χ0v) is 18.8. The normalized spacial score (nSPS) is 13.8. The van der Waals surface area contributed by atoms with E-state index in [9.17, 15) is 13.2 Å². The molecule has 0 saturated heterocycles. The summed E-state index contributed by atoms with van der Waals surface area (Å²) >= 11 is 0. The van der Waals surface area contributed by atoms with Crippen LogP contribution in [0.25, 0.3) is 0 Å². The number of ether oxygens (including phenoxy) is 2. The van der Waals surface area contributed by atoms with Gasteiger partial charge in [-0.05, 0) is 49.8 Å². The molecule has 0 saturated carbocycles. The zero-order chi connectivity index (χ0) is 22.9. The van der Waals surface area contributed by atoms with E-state index in [0.717, 1.165) is 5.56 Å². The Kier molecular flexibility index (Phi) is 8.82. The minimum Gasteiger partial charge on any atom is -0.497 e. The molecule has 5 nitrogen and oxygen atoms in total. The third-order valence-electron chi connectivity index (χ3n) is 4.76. The number of hydrogen-bond donors (Lipinski definition) is 0. The summed E-state index contributed by atoms with van der Waals surface area (Å²) in [5.41, 5.74) is 1.54. The van der Waals surface area contributed by atoms with E-state index >= 15 is 0 Å². The second-order valence-corrected chi connectivity index (χ2v) is 8.97. The lowest BCUT2D eigenvalue weighted by atomic mass is 9.95. The van der Waals surface area contributed by atoms with Gasteiger partial charge in [-0.2, -0.15) is 0 Å². The number of benzene rings is 2. The fourth-order valence-electron chi connectivity index (χ4n) is 3.06. The highest BCUT2D eigenvalue weighted by Crippen LogP contribution is 2.32. The van der Waals surface area contributed by atoms with Gasteiger partial charge in [0.05, 0.1) is 12.0 Å². The first-order valence-electron chi connectivity index (χ1n) is 9.86. The summed E-state index contributed by atoms with van der Waals surface area (Å²) in [6.07, 6.45) is 8.46. The van der Waals surface area contributed by atoms with Crippen LogP contribution < -0.4 is 4.74 Å². The molecule has 2 unspecified atom stereocenters. The Balaban J connectivity index is 2.47. The molecule has 2 atom stereocenters. The van der Waals surface area contributed by atoms with Crippen LogP contribution in [0.2, 0.25) is 0 Å². The number of carbonyl (C=O) groups is 1. The predicted molar refractivity (Wildman–Crippen MR) is 123 cm³/mol. The molecule has 6 heteroatoms. The molecule has 0 aliphatic carbocycles. The van der Waals surface area contributed by atoms with Crippen LogP contribution in [0.3, 0.4) is 0 Å². The first-order chi connectivity index (χ1) is 14.8. The standard InChI is InChI=1S/C25H28O5S/c1-5-7-8-9-18-30-25(26)24(31(27,28)22-16-10-19(3)11-17-22)23(6-2)20-12-14-21(29-4)15-13-20/h5-17,23-24H,2,18H2,1,3-4H3/b7-5+,9-8+. The maximum Gasteiger partial charge on any atom is 0.326 e. The Bertz CT molecular complexity index is 1030. The molecule has 0 amide bonds. The van der Waals surface area contributed by atoms with Crippen molar-refractivity contribution < 1.29 is 22.7 Å². The summed E-state index contributed by atoms with van der Waals surface area (Å²) in [6.45, 7) is 7.50. The van der Waals surface area contributed by atoms with Crippen molar-refractivity contribution in [3.8, 4) is 5.75 Å². The lowest BCUT2D eigenvalue weighted by Crippen LogP contribution is -2.37. The maximum atomic E-state index is 13.5. The Morgan fingerprint density at radius 3 is 2.26 bits per heavy atom. The average molecular weight is 441 g/mol. The molecule has 2 aromatic rings. The minimum absolute atomic E-state index is 0.0322. The number of esters is 1. The van der Waals surface area contributed by atoms with Gasteiger partial charge >= 0.3 is 5.97 Å². The number of hydrogen-bond acceptors (Lipinski definition) is 5. The maximum absolute atomic E-state index is 13.5. The van der Waals surface area contributed by atoms with Crippen molar-refractivity contribution in [2.75, 3.05) is 13.7 Å². The van der Waals surface area contributed by atoms with Gasteiger partial charge in [-0.15, -0.1) is 6.58 Å². The molecule has 0 fully saturated rings. The highest BCUT2D eigenvalue weighted by Gasteiger charge is 2.41. The van der Waals surface area contributed by atoms with Crippen LogP contribution in [0.1, 0.15) is 24.0 Å². The first-order valence-corrected chi connectivity index (χ1v) is 11.4. The largest absolute Gasteiger partial charge is 0.497 e. The fourth-order valence-corrected chi connectivity index (χ4v) is 4.84. The Morgan fingerprint density at radius 2 is 1.71 bits per heavy atom. The molecule has 0 heterocycles. The van der Waals surface area contributed by atoms with Crippen LogP contribution in [0.4, 0.5) is 0 Å². The third kappa shape index (κ3) is 6.18. The molecule has 2 rings (SSSR count). The van der Waals surface area contributed by atoms with Gasteiger partial charge < -0.3 is 9.47 Å². The summed E-state index contributed by atoms with van der Waals surface area (Å²) in [5.74, 6) is -1.00. The van der Waals surface area contributed by atoms with Crippen LogP contribution in [0, 0.1) is 6.92 Å². The molecular formula is C25H28O5S. The van der Waals surface area contributed by atoms with Crippen molar-refractivity contribution in [2.24, 2.45) is 0 Å². The molecule has 0 radical (unpaired) electrons. The number of methoxy groups -OCH3 is 1. The number of allylic oxidation sites excluding steroid dienone is 4. The number of sulfone groups is 1. The lowest BCUT2D eigenvalue weighted by Gasteiger charge is -2.24. The Morgan fingerprint density at radius 1 is 1.06 bits per heavy atom. The topological polar surface area (TPSA) is 69.7 Å². The van der Waals surface area contributed by atoms with E-state index < -0.39 is 27.0 Å². The average Bonchev–Trinajstić information content (AvgIpc) is 2.77. The lowest BCUT2D eigenvalue weighted by molar-refractivity contribution is -0.142. The van der Waals surface area contributed by atoms with Crippen molar-refractivity contribution >= 4 is 15.8 Å². The molecule has 0 aliphatic rings. The summed E-state index contributed by atoms with van der Waals surface area (Å²) in [6, 6.07) is 13.3. The highest BCUT2D eigenvalue weighted by molar-refractivity contribution is 7.92. The van der Waals surface area contributed by atoms with Gasteiger partial charge in [-0.1, -0.05) is 54.1 Å². The van der Waals surface area contributed by atoms with E-state index in [0.29, 0.717) is 11.3 Å². The van der Waals surface area contributed by atoms with Crippen LogP contribution in [0.15, 0.2) is 90.4 Å². The van der Waals surface area contributed by atoms with Crippen molar-refractivity contribution in [1.29, 1.82) is 0 Å². The Labute approximate surface area is 184 Å². The van der Waals surface area contributed by atoms with Crippen LogP contribution in [0.5, 0.6) is 5.75 Å². The van der Waals surface area contributed by atoms with Crippen molar-refractivity contribution in [2.45, 2.75) is 29.9 Å². The summed E-state index contributed by atoms with van der Waals surface area (Å²) < 4.78 is 37.5. The minimum atomic E-state index is -4.05. The predicted octanol–water partition coefficient (Wildman–Crippen LogP) is 4.79. The molecular weight excluding hydrogens is 412 g/mol. The van der Waals surface area contributed by atoms with Crippen LogP contribution in [-0.4, -0.2) is 33.4 Å². The highest BCUT2D eigenvalue weighted by atomic mass is 32.2. The van der Waals surface area contributed by atoms with Crippen molar-refractivity contribution in [3.05, 3.63) is 96.6 Å². The number of rotatable bonds is 10. The van der Waals surface area contributed by atoms with E-state index in [1.807, 2.05) is 19.9 Å². The number of aryl methyl sites for hydroxylation is 1. The molecule has 0 spiro atoms. The van der Waals surface area contributed by atoms with Crippen molar-refractivity contribution in [3.63, 3.8) is 0 Å². The van der Waals surface area contributed by atoms with Gasteiger partial charge in [0.2, 0.25) is 0 Å². The smallest absolute Gasteiger partial charge is 0.326 e.